The average Bonchev–Trinajstić information content (AvgIpc) is 2.74. The smallest absolute Gasteiger partial charge is 0.336 e. The lowest BCUT2D eigenvalue weighted by Gasteiger charge is -2.15. The van der Waals surface area contributed by atoms with Crippen molar-refractivity contribution < 1.29 is 28.6 Å². The average molecular weight is 424 g/mol. The third kappa shape index (κ3) is 5.69. The molecule has 0 aliphatic carbocycles. The van der Waals surface area contributed by atoms with Gasteiger partial charge in [0, 0.05) is 17.5 Å². The minimum absolute atomic E-state index is 0.316. The maximum atomic E-state index is 12.0. The Bertz CT molecular complexity index is 1170. The van der Waals surface area contributed by atoms with Gasteiger partial charge in [-0.2, -0.15) is 0 Å². The number of carboxylic acids is 1. The largest absolute Gasteiger partial charge is 0.484 e. The monoisotopic (exact) mass is 424 g/mol. The van der Waals surface area contributed by atoms with E-state index in [1.54, 1.807) is 49.4 Å². The molecular weight excluding hydrogens is 404 g/mol. The molecule has 0 radical (unpaired) electrons. The van der Waals surface area contributed by atoms with E-state index in [1.807, 2.05) is 0 Å². The van der Waals surface area contributed by atoms with Crippen molar-refractivity contribution in [3.05, 3.63) is 76.1 Å². The highest BCUT2D eigenvalue weighted by Gasteiger charge is 2.21. The summed E-state index contributed by atoms with van der Waals surface area (Å²) in [6.07, 6.45) is 0. The zero-order chi connectivity index (χ0) is 22.4. The predicted molar refractivity (Wildman–Crippen MR) is 111 cm³/mol. The molecule has 0 bridgehead atoms. The summed E-state index contributed by atoms with van der Waals surface area (Å²) in [6.45, 7) is 0.992. The van der Waals surface area contributed by atoms with Gasteiger partial charge in [-0.1, -0.05) is 30.3 Å². The van der Waals surface area contributed by atoms with Crippen molar-refractivity contribution in [3.63, 3.8) is 0 Å². The number of aryl methyl sites for hydroxylation is 1. The lowest BCUT2D eigenvalue weighted by atomic mass is 10.1. The van der Waals surface area contributed by atoms with Crippen LogP contribution < -0.4 is 21.0 Å². The number of aliphatic carboxylic acids is 1. The van der Waals surface area contributed by atoms with Crippen LogP contribution in [0.1, 0.15) is 17.2 Å². The van der Waals surface area contributed by atoms with Crippen LogP contribution in [-0.2, 0) is 14.4 Å². The number of nitrogens with one attached hydrogen (secondary N) is 2. The number of carbonyl (C=O) groups excluding carboxylic acids is 2. The van der Waals surface area contributed by atoms with Crippen molar-refractivity contribution >= 4 is 28.8 Å². The SMILES string of the molecule is Cc1cc(=O)oc2cc(OCC(=O)NCC(=O)N[C@H](C(=O)O)c3ccccc3)ccc12. The molecule has 0 unspecified atom stereocenters. The van der Waals surface area contributed by atoms with Gasteiger partial charge in [-0.25, -0.2) is 9.59 Å². The molecule has 1 atom stereocenters. The number of rotatable bonds is 8. The Labute approximate surface area is 176 Å². The van der Waals surface area contributed by atoms with E-state index >= 15 is 0 Å². The summed E-state index contributed by atoms with van der Waals surface area (Å²) in [5.74, 6) is -2.14. The molecule has 2 aromatic carbocycles. The van der Waals surface area contributed by atoms with E-state index in [4.69, 9.17) is 9.15 Å². The van der Waals surface area contributed by atoms with E-state index in [9.17, 15) is 24.3 Å². The molecule has 2 amide bonds. The molecule has 0 saturated heterocycles. The number of benzene rings is 2. The first kappa shape index (κ1) is 21.6. The van der Waals surface area contributed by atoms with Gasteiger partial charge < -0.3 is 24.9 Å². The van der Waals surface area contributed by atoms with Crippen molar-refractivity contribution in [3.8, 4) is 5.75 Å². The highest BCUT2D eigenvalue weighted by Crippen LogP contribution is 2.22. The molecule has 0 aliphatic heterocycles. The highest BCUT2D eigenvalue weighted by molar-refractivity contribution is 5.88. The van der Waals surface area contributed by atoms with Gasteiger partial charge in [0.2, 0.25) is 5.91 Å². The van der Waals surface area contributed by atoms with E-state index < -0.39 is 36.0 Å². The Morgan fingerprint density at radius 3 is 2.52 bits per heavy atom. The van der Waals surface area contributed by atoms with Gasteiger partial charge >= 0.3 is 11.6 Å². The zero-order valence-corrected chi connectivity index (χ0v) is 16.6. The number of hydrogen-bond donors (Lipinski definition) is 3. The van der Waals surface area contributed by atoms with Crippen LogP contribution in [-0.4, -0.2) is 36.0 Å². The van der Waals surface area contributed by atoms with Gasteiger partial charge in [-0.05, 0) is 30.2 Å². The van der Waals surface area contributed by atoms with Crippen LogP contribution in [0.25, 0.3) is 11.0 Å². The third-order valence-corrected chi connectivity index (χ3v) is 4.42. The van der Waals surface area contributed by atoms with E-state index in [-0.39, 0.29) is 6.61 Å². The fourth-order valence-corrected chi connectivity index (χ4v) is 2.92. The number of carboxylic acid groups (broad SMARTS) is 1. The van der Waals surface area contributed by atoms with Gasteiger partial charge in [0.25, 0.3) is 5.91 Å². The molecule has 0 aliphatic rings. The van der Waals surface area contributed by atoms with Crippen LogP contribution in [0, 0.1) is 6.92 Å². The summed E-state index contributed by atoms with van der Waals surface area (Å²) in [6, 6.07) is 13.2. The minimum Gasteiger partial charge on any atom is -0.484 e. The summed E-state index contributed by atoms with van der Waals surface area (Å²) in [5.41, 5.74) is 1.02. The lowest BCUT2D eigenvalue weighted by molar-refractivity contribution is -0.142. The molecule has 3 aromatic rings. The van der Waals surface area contributed by atoms with Gasteiger partial charge in [0.15, 0.2) is 12.6 Å². The number of carbonyl (C=O) groups is 3. The molecule has 1 heterocycles. The van der Waals surface area contributed by atoms with Gasteiger partial charge in [0.05, 0.1) is 6.54 Å². The normalized spacial score (nSPS) is 11.5. The molecule has 0 fully saturated rings. The second-order valence-electron chi connectivity index (χ2n) is 6.72. The van der Waals surface area contributed by atoms with E-state index in [1.165, 1.54) is 12.1 Å². The first-order valence-electron chi connectivity index (χ1n) is 9.34. The Morgan fingerprint density at radius 2 is 1.81 bits per heavy atom. The van der Waals surface area contributed by atoms with E-state index in [0.717, 1.165) is 10.9 Å². The number of ether oxygens (including phenoxy) is 1. The molecule has 9 heteroatoms. The molecule has 9 nitrogen and oxygen atoms in total. The van der Waals surface area contributed by atoms with Gasteiger partial charge in [0.1, 0.15) is 11.3 Å². The van der Waals surface area contributed by atoms with Crippen LogP contribution in [0.3, 0.4) is 0 Å². The molecule has 3 rings (SSSR count). The van der Waals surface area contributed by atoms with Crippen LogP contribution in [0.15, 0.2) is 63.8 Å². The first-order valence-corrected chi connectivity index (χ1v) is 9.34. The summed E-state index contributed by atoms with van der Waals surface area (Å²) < 4.78 is 10.5. The second-order valence-corrected chi connectivity index (χ2v) is 6.72. The summed E-state index contributed by atoms with van der Waals surface area (Å²) in [5, 5.41) is 14.8. The standard InChI is InChI=1S/C22H20N2O7/c1-13-9-20(27)31-17-10-15(7-8-16(13)17)30-12-19(26)23-11-18(25)24-21(22(28)29)14-5-3-2-4-6-14/h2-10,21H,11-12H2,1H3,(H,23,26)(H,24,25)(H,28,29)/t21-/m0/s1. The second kappa shape index (κ2) is 9.57. The molecule has 0 spiro atoms. The van der Waals surface area contributed by atoms with Gasteiger partial charge in [-0.3, -0.25) is 9.59 Å². The Hall–Kier alpha value is -4.14. The summed E-state index contributed by atoms with van der Waals surface area (Å²) >= 11 is 0. The minimum atomic E-state index is -1.22. The Balaban J connectivity index is 1.52. The molecule has 1 aromatic heterocycles. The lowest BCUT2D eigenvalue weighted by Crippen LogP contribution is -2.42. The van der Waals surface area contributed by atoms with E-state index in [2.05, 4.69) is 10.6 Å². The fourth-order valence-electron chi connectivity index (χ4n) is 2.92. The number of fused-ring (bicyclic) bond motifs is 1. The maximum absolute atomic E-state index is 12.0. The zero-order valence-electron chi connectivity index (χ0n) is 16.6. The Kier molecular flexibility index (Phi) is 6.66. The number of amides is 2. The molecule has 0 saturated carbocycles. The van der Waals surface area contributed by atoms with Crippen LogP contribution in [0.4, 0.5) is 0 Å². The van der Waals surface area contributed by atoms with Crippen LogP contribution in [0.2, 0.25) is 0 Å². The van der Waals surface area contributed by atoms with Crippen LogP contribution >= 0.6 is 0 Å². The summed E-state index contributed by atoms with van der Waals surface area (Å²) in [7, 11) is 0. The number of hydrogen-bond acceptors (Lipinski definition) is 6. The summed E-state index contributed by atoms with van der Waals surface area (Å²) in [4.78, 5) is 46.9. The van der Waals surface area contributed by atoms with Crippen molar-refractivity contribution in [2.24, 2.45) is 0 Å². The van der Waals surface area contributed by atoms with Crippen molar-refractivity contribution in [2.75, 3.05) is 13.2 Å². The maximum Gasteiger partial charge on any atom is 0.336 e. The molecular formula is C22H20N2O7. The quantitative estimate of drug-likeness (QED) is 0.467. The van der Waals surface area contributed by atoms with Crippen molar-refractivity contribution in [1.29, 1.82) is 0 Å². The topological polar surface area (TPSA) is 135 Å². The molecule has 160 valence electrons. The van der Waals surface area contributed by atoms with Crippen LogP contribution in [0.5, 0.6) is 5.75 Å². The first-order chi connectivity index (χ1) is 14.8. The fraction of sp³-hybridized carbons (Fsp3) is 0.182. The van der Waals surface area contributed by atoms with Crippen molar-refractivity contribution in [1.82, 2.24) is 10.6 Å². The predicted octanol–water partition coefficient (Wildman–Crippen LogP) is 1.54. The van der Waals surface area contributed by atoms with Gasteiger partial charge in [-0.15, -0.1) is 0 Å². The Morgan fingerprint density at radius 1 is 1.06 bits per heavy atom. The molecule has 3 N–H and O–H groups in total. The highest BCUT2D eigenvalue weighted by atomic mass is 16.5. The van der Waals surface area contributed by atoms with E-state index in [0.29, 0.717) is 16.9 Å². The van der Waals surface area contributed by atoms with Crippen molar-refractivity contribution in [2.45, 2.75) is 13.0 Å². The third-order valence-electron chi connectivity index (χ3n) is 4.42. The molecule has 31 heavy (non-hydrogen) atoms.